The molecule has 0 bridgehead atoms. The van der Waals surface area contributed by atoms with Gasteiger partial charge in [0.05, 0.1) is 12.3 Å². The molecule has 0 saturated heterocycles. The summed E-state index contributed by atoms with van der Waals surface area (Å²) in [4.78, 5) is 9.17. The summed E-state index contributed by atoms with van der Waals surface area (Å²) in [5, 5.41) is 3.39. The molecule has 0 amide bonds. The molecule has 110 valence electrons. The number of hydrogen-bond acceptors (Lipinski definition) is 4. The zero-order valence-electron chi connectivity index (χ0n) is 12.9. The van der Waals surface area contributed by atoms with Gasteiger partial charge >= 0.3 is 0 Å². The van der Waals surface area contributed by atoms with Crippen LogP contribution < -0.4 is 10.1 Å². The Balaban J connectivity index is 2.03. The molecule has 0 fully saturated rings. The smallest absolute Gasteiger partial charge is 0.133 e. The number of nitrogens with zero attached hydrogens (tertiary/aromatic N) is 2. The Labute approximate surface area is 125 Å². The van der Waals surface area contributed by atoms with Gasteiger partial charge in [0.2, 0.25) is 0 Å². The molecule has 0 aliphatic carbocycles. The number of ether oxygens (including phenoxy) is 1. The van der Waals surface area contributed by atoms with Crippen LogP contribution in [-0.4, -0.2) is 23.1 Å². The zero-order chi connectivity index (χ0) is 14.8. The normalized spacial score (nSPS) is 12.9. The minimum atomic E-state index is 0.782. The number of anilines is 1. The summed E-state index contributed by atoms with van der Waals surface area (Å²) in [5.41, 5.74) is 4.52. The average molecular weight is 283 g/mol. The Kier molecular flexibility index (Phi) is 3.78. The van der Waals surface area contributed by atoms with Crippen molar-refractivity contribution in [3.05, 3.63) is 35.2 Å². The second-order valence-corrected chi connectivity index (χ2v) is 5.44. The van der Waals surface area contributed by atoms with E-state index in [0.29, 0.717) is 0 Å². The fraction of sp³-hybridized carbons (Fsp3) is 0.412. The molecule has 4 nitrogen and oxygen atoms in total. The Morgan fingerprint density at radius 2 is 2.10 bits per heavy atom. The number of benzene rings is 1. The molecule has 0 radical (unpaired) electrons. The van der Waals surface area contributed by atoms with Crippen LogP contribution in [0.5, 0.6) is 5.75 Å². The van der Waals surface area contributed by atoms with Crippen molar-refractivity contribution < 1.29 is 4.74 Å². The maximum absolute atomic E-state index is 5.58. The second kappa shape index (κ2) is 5.72. The van der Waals surface area contributed by atoms with Crippen molar-refractivity contribution in [1.29, 1.82) is 0 Å². The molecule has 21 heavy (non-hydrogen) atoms. The predicted molar refractivity (Wildman–Crippen MR) is 84.9 cm³/mol. The van der Waals surface area contributed by atoms with Gasteiger partial charge in [-0.2, -0.15) is 0 Å². The fourth-order valence-corrected chi connectivity index (χ4v) is 2.66. The van der Waals surface area contributed by atoms with Crippen molar-refractivity contribution in [2.45, 2.75) is 33.6 Å². The van der Waals surface area contributed by atoms with Gasteiger partial charge in [-0.3, -0.25) is 0 Å². The largest absolute Gasteiger partial charge is 0.493 e. The van der Waals surface area contributed by atoms with Gasteiger partial charge in [0.1, 0.15) is 17.4 Å². The Morgan fingerprint density at radius 3 is 2.90 bits per heavy atom. The monoisotopic (exact) mass is 283 g/mol. The van der Waals surface area contributed by atoms with Gasteiger partial charge in [-0.25, -0.2) is 9.97 Å². The molecule has 1 aromatic carbocycles. The Hall–Kier alpha value is -2.10. The molecule has 0 saturated carbocycles. The molecule has 3 rings (SSSR count). The SMILES string of the molecule is CCCNc1nc(C)nc(-c2ccc3c(c2)CCO3)c1C. The van der Waals surface area contributed by atoms with Crippen LogP contribution in [0.2, 0.25) is 0 Å². The lowest BCUT2D eigenvalue weighted by Gasteiger charge is -2.13. The first-order chi connectivity index (χ1) is 10.2. The average Bonchev–Trinajstić information content (AvgIpc) is 2.95. The van der Waals surface area contributed by atoms with Gasteiger partial charge in [0, 0.05) is 24.1 Å². The highest BCUT2D eigenvalue weighted by molar-refractivity contribution is 5.70. The molecule has 2 aromatic rings. The molecule has 1 N–H and O–H groups in total. The van der Waals surface area contributed by atoms with Crippen molar-refractivity contribution in [1.82, 2.24) is 9.97 Å². The maximum atomic E-state index is 5.58. The second-order valence-electron chi connectivity index (χ2n) is 5.44. The van der Waals surface area contributed by atoms with Crippen molar-refractivity contribution in [3.8, 4) is 17.0 Å². The summed E-state index contributed by atoms with van der Waals surface area (Å²) in [6.07, 6.45) is 2.06. The van der Waals surface area contributed by atoms with Crippen molar-refractivity contribution in [2.75, 3.05) is 18.5 Å². The molecule has 0 atom stereocenters. The first-order valence-corrected chi connectivity index (χ1v) is 7.54. The van der Waals surface area contributed by atoms with E-state index >= 15 is 0 Å². The van der Waals surface area contributed by atoms with Gasteiger partial charge in [-0.15, -0.1) is 0 Å². The molecular formula is C17H21N3O. The van der Waals surface area contributed by atoms with Crippen LogP contribution in [0.3, 0.4) is 0 Å². The lowest BCUT2D eigenvalue weighted by atomic mass is 10.0. The summed E-state index contributed by atoms with van der Waals surface area (Å²) in [6, 6.07) is 6.33. The number of rotatable bonds is 4. The van der Waals surface area contributed by atoms with E-state index in [9.17, 15) is 0 Å². The molecule has 1 aromatic heterocycles. The van der Waals surface area contributed by atoms with Gasteiger partial charge < -0.3 is 10.1 Å². The molecule has 0 unspecified atom stereocenters. The minimum Gasteiger partial charge on any atom is -0.493 e. The number of fused-ring (bicyclic) bond motifs is 1. The molecule has 2 heterocycles. The highest BCUT2D eigenvalue weighted by atomic mass is 16.5. The van der Waals surface area contributed by atoms with E-state index < -0.39 is 0 Å². The summed E-state index contributed by atoms with van der Waals surface area (Å²) in [7, 11) is 0. The Bertz CT molecular complexity index is 667. The van der Waals surface area contributed by atoms with Gasteiger partial charge in [0.25, 0.3) is 0 Å². The summed E-state index contributed by atoms with van der Waals surface area (Å²) >= 11 is 0. The summed E-state index contributed by atoms with van der Waals surface area (Å²) in [6.45, 7) is 7.88. The topological polar surface area (TPSA) is 47.0 Å². The lowest BCUT2D eigenvalue weighted by Crippen LogP contribution is -2.07. The van der Waals surface area contributed by atoms with Crippen LogP contribution in [-0.2, 0) is 6.42 Å². The number of hydrogen-bond donors (Lipinski definition) is 1. The fourth-order valence-electron chi connectivity index (χ4n) is 2.66. The first kappa shape index (κ1) is 13.9. The summed E-state index contributed by atoms with van der Waals surface area (Å²) in [5.74, 6) is 2.74. The van der Waals surface area contributed by atoms with E-state index in [1.807, 2.05) is 13.0 Å². The van der Waals surface area contributed by atoms with Crippen LogP contribution >= 0.6 is 0 Å². The maximum Gasteiger partial charge on any atom is 0.133 e. The van der Waals surface area contributed by atoms with E-state index in [-0.39, 0.29) is 0 Å². The van der Waals surface area contributed by atoms with Crippen LogP contribution in [0.15, 0.2) is 18.2 Å². The highest BCUT2D eigenvalue weighted by Gasteiger charge is 2.16. The highest BCUT2D eigenvalue weighted by Crippen LogP contribution is 2.32. The van der Waals surface area contributed by atoms with E-state index in [1.54, 1.807) is 0 Å². The molecule has 1 aliphatic heterocycles. The van der Waals surface area contributed by atoms with Crippen LogP contribution in [0.4, 0.5) is 5.82 Å². The van der Waals surface area contributed by atoms with Crippen LogP contribution in [0, 0.1) is 13.8 Å². The minimum absolute atomic E-state index is 0.782. The summed E-state index contributed by atoms with van der Waals surface area (Å²) < 4.78 is 5.58. The Morgan fingerprint density at radius 1 is 1.24 bits per heavy atom. The molecule has 0 spiro atoms. The predicted octanol–water partition coefficient (Wildman–Crippen LogP) is 3.52. The van der Waals surface area contributed by atoms with Crippen molar-refractivity contribution >= 4 is 5.82 Å². The van der Waals surface area contributed by atoms with Crippen molar-refractivity contribution in [3.63, 3.8) is 0 Å². The van der Waals surface area contributed by atoms with Gasteiger partial charge in [0.15, 0.2) is 0 Å². The third-order valence-corrected chi connectivity index (χ3v) is 3.76. The van der Waals surface area contributed by atoms with E-state index in [0.717, 1.165) is 60.2 Å². The number of nitrogens with one attached hydrogen (secondary N) is 1. The number of aryl methyl sites for hydroxylation is 1. The van der Waals surface area contributed by atoms with Crippen LogP contribution in [0.1, 0.15) is 30.3 Å². The number of aromatic nitrogens is 2. The first-order valence-electron chi connectivity index (χ1n) is 7.54. The lowest BCUT2D eigenvalue weighted by molar-refractivity contribution is 0.357. The third-order valence-electron chi connectivity index (χ3n) is 3.76. The zero-order valence-corrected chi connectivity index (χ0v) is 12.9. The standard InChI is InChI=1S/C17H21N3O/c1-4-8-18-17-11(2)16(19-12(3)20-17)14-5-6-15-13(10-14)7-9-21-15/h5-6,10H,4,7-9H2,1-3H3,(H,18,19,20). The van der Waals surface area contributed by atoms with Crippen molar-refractivity contribution in [2.24, 2.45) is 0 Å². The molecule has 1 aliphatic rings. The van der Waals surface area contributed by atoms with E-state index in [2.05, 4.69) is 41.3 Å². The molecule has 4 heteroatoms. The van der Waals surface area contributed by atoms with Gasteiger partial charge in [-0.05, 0) is 44.0 Å². The van der Waals surface area contributed by atoms with Crippen LogP contribution in [0.25, 0.3) is 11.3 Å². The van der Waals surface area contributed by atoms with E-state index in [1.165, 1.54) is 5.56 Å². The molecular weight excluding hydrogens is 262 g/mol. The third kappa shape index (κ3) is 2.71. The quantitative estimate of drug-likeness (QED) is 0.932. The van der Waals surface area contributed by atoms with Gasteiger partial charge in [-0.1, -0.05) is 6.92 Å². The van der Waals surface area contributed by atoms with E-state index in [4.69, 9.17) is 4.74 Å².